The van der Waals surface area contributed by atoms with Gasteiger partial charge in [0.15, 0.2) is 0 Å². The Hall–Kier alpha value is -7.01. The second-order valence-electron chi connectivity index (χ2n) is 17.2. The largest absolute Gasteiger partial charge is 0.459 e. The SMILES string of the molecule is CC(C)C[C@H](NC(=O)OCc1ccccc1)C(=O)N[C@@H](Cc1ccccc1)C(=O)N[C@H](/C=C/C(=O)OC1CCCCC1)CCC(=O)NC(c1ccccc1)(c1ccccc1)c1ccccc1. The topological polar surface area (TPSA) is 152 Å². The normalized spacial score (nSPS) is 14.3. The van der Waals surface area contributed by atoms with Crippen LogP contribution in [0.15, 0.2) is 164 Å². The van der Waals surface area contributed by atoms with Crippen molar-refractivity contribution >= 4 is 29.8 Å². The Morgan fingerprint density at radius 2 is 1.12 bits per heavy atom. The van der Waals surface area contributed by atoms with Crippen molar-refractivity contribution in [2.75, 3.05) is 0 Å². The van der Waals surface area contributed by atoms with E-state index in [1.54, 1.807) is 6.08 Å². The lowest BCUT2D eigenvalue weighted by Gasteiger charge is -2.37. The van der Waals surface area contributed by atoms with Crippen LogP contribution in [0.2, 0.25) is 0 Å². The van der Waals surface area contributed by atoms with Crippen LogP contribution >= 0.6 is 0 Å². The number of carbonyl (C=O) groups excluding carboxylic acids is 5. The smallest absolute Gasteiger partial charge is 0.408 e. The van der Waals surface area contributed by atoms with E-state index in [1.807, 2.05) is 166 Å². The number of alkyl carbamates (subject to hydrolysis) is 1. The fraction of sp³-hybridized carbons (Fsp3) is 0.327. The maximum absolute atomic E-state index is 14.5. The summed E-state index contributed by atoms with van der Waals surface area (Å²) in [5.74, 6) is -1.91. The molecule has 0 bridgehead atoms. The summed E-state index contributed by atoms with van der Waals surface area (Å²) in [5, 5.41) is 12.0. The number of hydrogen-bond acceptors (Lipinski definition) is 7. The lowest BCUT2D eigenvalue weighted by Crippen LogP contribution is -2.55. The Bertz CT molecular complexity index is 2220. The second-order valence-corrected chi connectivity index (χ2v) is 17.2. The zero-order chi connectivity index (χ0) is 46.6. The first-order valence-electron chi connectivity index (χ1n) is 23.1. The molecular formula is C55H62N4O7. The van der Waals surface area contributed by atoms with Gasteiger partial charge in [-0.05, 0) is 72.3 Å². The predicted octanol–water partition coefficient (Wildman–Crippen LogP) is 8.86. The lowest BCUT2D eigenvalue weighted by atomic mass is 9.77. The Labute approximate surface area is 388 Å². The molecule has 1 fully saturated rings. The number of carbonyl (C=O) groups is 5. The van der Waals surface area contributed by atoms with Gasteiger partial charge < -0.3 is 30.7 Å². The number of rotatable bonds is 21. The highest BCUT2D eigenvalue weighted by molar-refractivity contribution is 5.92. The molecule has 3 atom stereocenters. The van der Waals surface area contributed by atoms with Gasteiger partial charge in [-0.2, -0.15) is 0 Å². The van der Waals surface area contributed by atoms with E-state index in [1.165, 1.54) is 6.08 Å². The molecule has 1 saturated carbocycles. The first-order valence-corrected chi connectivity index (χ1v) is 23.1. The van der Waals surface area contributed by atoms with Gasteiger partial charge >= 0.3 is 12.1 Å². The van der Waals surface area contributed by atoms with Crippen LogP contribution in [0.3, 0.4) is 0 Å². The third-order valence-corrected chi connectivity index (χ3v) is 11.7. The van der Waals surface area contributed by atoms with Gasteiger partial charge in [-0.25, -0.2) is 9.59 Å². The van der Waals surface area contributed by atoms with E-state index in [-0.39, 0.29) is 50.2 Å². The van der Waals surface area contributed by atoms with Crippen LogP contribution in [0.4, 0.5) is 4.79 Å². The molecule has 6 rings (SSSR count). The highest BCUT2D eigenvalue weighted by Gasteiger charge is 2.38. The lowest BCUT2D eigenvalue weighted by molar-refractivity contribution is -0.144. The first-order chi connectivity index (χ1) is 32.1. The average molecular weight is 891 g/mol. The fourth-order valence-electron chi connectivity index (χ4n) is 8.36. The van der Waals surface area contributed by atoms with E-state index in [4.69, 9.17) is 9.47 Å². The molecule has 0 saturated heterocycles. The highest BCUT2D eigenvalue weighted by Crippen LogP contribution is 2.37. The molecule has 5 aromatic rings. The van der Waals surface area contributed by atoms with E-state index >= 15 is 0 Å². The molecule has 1 aliphatic rings. The molecule has 0 aromatic heterocycles. The fourth-order valence-corrected chi connectivity index (χ4v) is 8.36. The maximum Gasteiger partial charge on any atom is 0.408 e. The van der Waals surface area contributed by atoms with Gasteiger partial charge in [-0.15, -0.1) is 0 Å². The molecule has 0 unspecified atom stereocenters. The average Bonchev–Trinajstić information content (AvgIpc) is 3.34. The minimum atomic E-state index is -1.10. The molecule has 344 valence electrons. The van der Waals surface area contributed by atoms with Crippen LogP contribution in [0.1, 0.15) is 93.0 Å². The molecule has 4 N–H and O–H groups in total. The minimum absolute atomic E-state index is 0.00927. The summed E-state index contributed by atoms with van der Waals surface area (Å²) >= 11 is 0. The van der Waals surface area contributed by atoms with E-state index in [0.29, 0.717) is 0 Å². The molecule has 1 aliphatic carbocycles. The van der Waals surface area contributed by atoms with Crippen molar-refractivity contribution in [1.82, 2.24) is 21.3 Å². The summed E-state index contributed by atoms with van der Waals surface area (Å²) in [6.07, 6.45) is 7.09. The summed E-state index contributed by atoms with van der Waals surface area (Å²) in [4.78, 5) is 69.2. The van der Waals surface area contributed by atoms with Crippen LogP contribution in [-0.4, -0.2) is 54.0 Å². The Kier molecular flexibility index (Phi) is 18.3. The van der Waals surface area contributed by atoms with Crippen LogP contribution in [0.5, 0.6) is 0 Å². The third-order valence-electron chi connectivity index (χ3n) is 11.7. The molecule has 11 heteroatoms. The summed E-state index contributed by atoms with van der Waals surface area (Å²) in [6, 6.07) is 44.9. The zero-order valence-electron chi connectivity index (χ0n) is 37.9. The van der Waals surface area contributed by atoms with Crippen molar-refractivity contribution < 1.29 is 33.4 Å². The second kappa shape index (κ2) is 24.9. The van der Waals surface area contributed by atoms with Gasteiger partial charge in [0.05, 0.1) is 0 Å². The van der Waals surface area contributed by atoms with E-state index in [2.05, 4.69) is 21.3 Å². The number of nitrogens with one attached hydrogen (secondary N) is 4. The summed E-state index contributed by atoms with van der Waals surface area (Å²) in [5.41, 5.74) is 3.11. The standard InChI is InChI=1S/C55H62N4O7/c1-40(2)37-48(58-54(64)65-39-42-23-11-4-12-24-42)53(63)57-49(38-41-21-9-3-10-22-41)52(62)56-46(34-36-51(61)66-47-31-19-8-20-32-47)33-35-50(60)59-55(43-25-13-5-14-26-43,44-27-15-6-16-28-44)45-29-17-7-18-30-45/h3-7,9-18,21-30,34,36,40,46-49H,8,19-20,31-33,35,37-39H2,1-2H3,(H,56,62)(H,57,63)(H,58,64)(H,59,60)/b36-34+/t46-,48-,49-/m0/s1. The Morgan fingerprint density at radius 1 is 0.621 bits per heavy atom. The van der Waals surface area contributed by atoms with Crippen LogP contribution in [0, 0.1) is 5.92 Å². The third kappa shape index (κ3) is 14.5. The van der Waals surface area contributed by atoms with E-state index in [9.17, 15) is 24.0 Å². The van der Waals surface area contributed by atoms with Crippen molar-refractivity contribution in [2.45, 2.75) is 108 Å². The van der Waals surface area contributed by atoms with Crippen LogP contribution < -0.4 is 21.3 Å². The van der Waals surface area contributed by atoms with Crippen molar-refractivity contribution in [3.8, 4) is 0 Å². The Morgan fingerprint density at radius 3 is 1.65 bits per heavy atom. The molecule has 0 spiro atoms. The van der Waals surface area contributed by atoms with Gasteiger partial charge in [0.1, 0.15) is 30.3 Å². The van der Waals surface area contributed by atoms with Crippen molar-refractivity contribution in [2.24, 2.45) is 5.92 Å². The number of ether oxygens (including phenoxy) is 2. The summed E-state index contributed by atoms with van der Waals surface area (Å²) in [7, 11) is 0. The van der Waals surface area contributed by atoms with Gasteiger partial charge in [0, 0.05) is 25.0 Å². The molecule has 4 amide bonds. The molecule has 66 heavy (non-hydrogen) atoms. The first kappa shape index (κ1) is 48.4. The summed E-state index contributed by atoms with van der Waals surface area (Å²) < 4.78 is 11.2. The van der Waals surface area contributed by atoms with E-state index < -0.39 is 47.5 Å². The van der Waals surface area contributed by atoms with Crippen LogP contribution in [0.25, 0.3) is 0 Å². The zero-order valence-corrected chi connectivity index (χ0v) is 37.9. The van der Waals surface area contributed by atoms with Gasteiger partial charge in [0.25, 0.3) is 0 Å². The molecule has 11 nitrogen and oxygen atoms in total. The predicted molar refractivity (Wildman–Crippen MR) is 256 cm³/mol. The molecule has 0 radical (unpaired) electrons. The van der Waals surface area contributed by atoms with E-state index in [0.717, 1.165) is 59.9 Å². The van der Waals surface area contributed by atoms with Gasteiger partial charge in [-0.1, -0.05) is 178 Å². The number of hydrogen-bond donors (Lipinski definition) is 4. The van der Waals surface area contributed by atoms with Crippen LogP contribution in [-0.2, 0) is 47.2 Å². The number of amides is 4. The number of benzene rings is 5. The molecular weight excluding hydrogens is 829 g/mol. The monoisotopic (exact) mass is 890 g/mol. The summed E-state index contributed by atoms with van der Waals surface area (Å²) in [6.45, 7) is 3.89. The van der Waals surface area contributed by atoms with Gasteiger partial charge in [-0.3, -0.25) is 14.4 Å². The molecule has 0 aliphatic heterocycles. The quantitative estimate of drug-likeness (QED) is 0.0327. The maximum atomic E-state index is 14.5. The highest BCUT2D eigenvalue weighted by atomic mass is 16.5. The minimum Gasteiger partial charge on any atom is -0.459 e. The Balaban J connectivity index is 1.24. The molecule has 5 aromatic carbocycles. The van der Waals surface area contributed by atoms with Crippen molar-refractivity contribution in [3.63, 3.8) is 0 Å². The number of esters is 1. The molecule has 0 heterocycles. The van der Waals surface area contributed by atoms with Crippen molar-refractivity contribution in [1.29, 1.82) is 0 Å². The van der Waals surface area contributed by atoms with Crippen molar-refractivity contribution in [3.05, 3.63) is 192 Å². The van der Waals surface area contributed by atoms with Gasteiger partial charge in [0.2, 0.25) is 17.7 Å².